The number of hydrogen-bond acceptors (Lipinski definition) is 4. The van der Waals surface area contributed by atoms with Crippen molar-refractivity contribution < 1.29 is 22.8 Å². The van der Waals surface area contributed by atoms with Crippen LogP contribution in [0.5, 0.6) is 0 Å². The molecule has 0 aliphatic heterocycles. The molecule has 0 saturated carbocycles. The van der Waals surface area contributed by atoms with Crippen molar-refractivity contribution in [2.45, 2.75) is 11.1 Å². The first-order chi connectivity index (χ1) is 19.2. The second-order valence-corrected chi connectivity index (χ2v) is 9.74. The highest BCUT2D eigenvalue weighted by atomic mass is 32.2. The molecule has 1 aromatic heterocycles. The van der Waals surface area contributed by atoms with Crippen LogP contribution in [0, 0.1) is 0 Å². The lowest BCUT2D eigenvalue weighted by atomic mass is 9.91. The Bertz CT molecular complexity index is 1720. The van der Waals surface area contributed by atoms with Crippen LogP contribution in [0.3, 0.4) is 0 Å². The van der Waals surface area contributed by atoms with Crippen LogP contribution in [0.25, 0.3) is 22.0 Å². The SMILES string of the molecule is CSc1ccc(N(C(N)=O)c2cccc(-c3c(C(=O)c4ccccc4)cnc4c(C(F)(F)F)cccc34)c2)cc1. The van der Waals surface area contributed by atoms with Crippen LogP contribution < -0.4 is 10.6 Å². The zero-order valence-corrected chi connectivity index (χ0v) is 22.0. The molecule has 0 aliphatic carbocycles. The smallest absolute Gasteiger partial charge is 0.351 e. The van der Waals surface area contributed by atoms with Gasteiger partial charge in [-0.1, -0.05) is 54.6 Å². The number of fused-ring (bicyclic) bond motifs is 1. The summed E-state index contributed by atoms with van der Waals surface area (Å²) in [6.07, 6.45) is -1.54. The molecule has 0 radical (unpaired) electrons. The van der Waals surface area contributed by atoms with Gasteiger partial charge < -0.3 is 5.73 Å². The van der Waals surface area contributed by atoms with E-state index in [4.69, 9.17) is 5.73 Å². The first kappa shape index (κ1) is 27.0. The van der Waals surface area contributed by atoms with E-state index >= 15 is 0 Å². The average molecular weight is 558 g/mol. The van der Waals surface area contributed by atoms with Gasteiger partial charge in [0.05, 0.1) is 22.5 Å². The predicted octanol–water partition coefficient (Wildman–Crippen LogP) is 8.09. The summed E-state index contributed by atoms with van der Waals surface area (Å²) in [5, 5.41) is 0.156. The van der Waals surface area contributed by atoms with Crippen LogP contribution in [-0.4, -0.2) is 23.1 Å². The molecule has 0 unspecified atom stereocenters. The number of amides is 2. The number of pyridine rings is 1. The number of primary amides is 1. The van der Waals surface area contributed by atoms with Gasteiger partial charge in [0.15, 0.2) is 5.78 Å². The third-order valence-electron chi connectivity index (χ3n) is 6.43. The summed E-state index contributed by atoms with van der Waals surface area (Å²) in [7, 11) is 0. The predicted molar refractivity (Wildman–Crippen MR) is 152 cm³/mol. The number of ketones is 1. The standard InChI is InChI=1S/C31H22F3N3O2S/c1-40-23-15-13-21(14-16-23)37(30(35)39)22-10-5-9-20(17-22)27-24-11-6-12-26(31(32,33)34)28(24)36-18-25(27)29(38)19-7-3-2-4-8-19/h2-18H,1H3,(H2,35,39). The van der Waals surface area contributed by atoms with Crippen molar-refractivity contribution in [3.8, 4) is 11.1 Å². The topological polar surface area (TPSA) is 76.3 Å². The van der Waals surface area contributed by atoms with E-state index in [2.05, 4.69) is 4.98 Å². The van der Waals surface area contributed by atoms with Crippen LogP contribution in [0.1, 0.15) is 21.5 Å². The van der Waals surface area contributed by atoms with E-state index in [0.717, 1.165) is 11.0 Å². The molecule has 0 atom stereocenters. The molecule has 2 amide bonds. The third-order valence-corrected chi connectivity index (χ3v) is 7.17. The van der Waals surface area contributed by atoms with Gasteiger partial charge in [-0.2, -0.15) is 13.2 Å². The molecule has 5 nitrogen and oxygen atoms in total. The van der Waals surface area contributed by atoms with E-state index in [9.17, 15) is 22.8 Å². The molecule has 4 aromatic carbocycles. The number of halogens is 3. The molecule has 200 valence electrons. The number of anilines is 2. The summed E-state index contributed by atoms with van der Waals surface area (Å²) in [6, 6.07) is 25.3. The van der Waals surface area contributed by atoms with E-state index in [1.165, 1.54) is 23.2 Å². The van der Waals surface area contributed by atoms with Gasteiger partial charge in [0.1, 0.15) is 0 Å². The quantitative estimate of drug-likeness (QED) is 0.169. The zero-order chi connectivity index (χ0) is 28.4. The summed E-state index contributed by atoms with van der Waals surface area (Å²) in [5.74, 6) is -0.396. The second kappa shape index (κ2) is 10.9. The van der Waals surface area contributed by atoms with Crippen molar-refractivity contribution in [3.63, 3.8) is 0 Å². The molecular weight excluding hydrogens is 535 g/mol. The number of alkyl halides is 3. The van der Waals surface area contributed by atoms with Crippen molar-refractivity contribution in [1.82, 2.24) is 4.98 Å². The minimum Gasteiger partial charge on any atom is -0.351 e. The fraction of sp³-hybridized carbons (Fsp3) is 0.0645. The Morgan fingerprint density at radius 2 is 1.55 bits per heavy atom. The maximum Gasteiger partial charge on any atom is 0.418 e. The number of aromatic nitrogens is 1. The largest absolute Gasteiger partial charge is 0.418 e. The van der Waals surface area contributed by atoms with Crippen molar-refractivity contribution in [1.29, 1.82) is 0 Å². The Balaban J connectivity index is 1.75. The molecule has 0 saturated heterocycles. The lowest BCUT2D eigenvalue weighted by Crippen LogP contribution is -2.31. The molecule has 0 spiro atoms. The van der Waals surface area contributed by atoms with Crippen LogP contribution >= 0.6 is 11.8 Å². The van der Waals surface area contributed by atoms with Gasteiger partial charge in [0.25, 0.3) is 0 Å². The average Bonchev–Trinajstić information content (AvgIpc) is 2.96. The molecule has 9 heteroatoms. The fourth-order valence-corrected chi connectivity index (χ4v) is 5.02. The number of carbonyl (C=O) groups is 2. The van der Waals surface area contributed by atoms with E-state index in [-0.39, 0.29) is 22.0 Å². The van der Waals surface area contributed by atoms with Crippen LogP contribution in [0.2, 0.25) is 0 Å². The Hall–Kier alpha value is -4.63. The summed E-state index contributed by atoms with van der Waals surface area (Å²) in [6.45, 7) is 0. The Morgan fingerprint density at radius 3 is 2.20 bits per heavy atom. The third kappa shape index (κ3) is 5.15. The molecular formula is C31H22F3N3O2S. The first-order valence-corrected chi connectivity index (χ1v) is 13.3. The number of urea groups is 1. The first-order valence-electron chi connectivity index (χ1n) is 12.1. The van der Waals surface area contributed by atoms with Crippen molar-refractivity contribution in [2.75, 3.05) is 11.2 Å². The van der Waals surface area contributed by atoms with Gasteiger partial charge in [-0.25, -0.2) is 4.79 Å². The molecule has 0 fully saturated rings. The zero-order valence-electron chi connectivity index (χ0n) is 21.1. The Labute approximate surface area is 232 Å². The molecule has 5 rings (SSSR count). The number of carbonyl (C=O) groups excluding carboxylic acids is 2. The number of thioether (sulfide) groups is 1. The minimum absolute atomic E-state index is 0.130. The van der Waals surface area contributed by atoms with Gasteiger partial charge >= 0.3 is 12.2 Å². The molecule has 0 bridgehead atoms. The van der Waals surface area contributed by atoms with E-state index in [1.54, 1.807) is 78.5 Å². The number of rotatable bonds is 6. The maximum absolute atomic E-state index is 13.9. The Morgan fingerprint density at radius 1 is 0.850 bits per heavy atom. The molecule has 5 aromatic rings. The Kier molecular flexibility index (Phi) is 7.32. The van der Waals surface area contributed by atoms with Crippen molar-refractivity contribution >= 4 is 45.9 Å². The van der Waals surface area contributed by atoms with E-state index in [1.807, 2.05) is 18.4 Å². The molecule has 2 N–H and O–H groups in total. The van der Waals surface area contributed by atoms with E-state index in [0.29, 0.717) is 22.5 Å². The van der Waals surface area contributed by atoms with Crippen LogP contribution in [0.4, 0.5) is 29.3 Å². The summed E-state index contributed by atoms with van der Waals surface area (Å²) >= 11 is 1.55. The highest BCUT2D eigenvalue weighted by molar-refractivity contribution is 7.98. The maximum atomic E-state index is 13.9. The number of hydrogen-bond donors (Lipinski definition) is 1. The number of nitrogens with two attached hydrogens (primary N) is 1. The highest BCUT2D eigenvalue weighted by Crippen LogP contribution is 2.40. The summed E-state index contributed by atoms with van der Waals surface area (Å²) in [4.78, 5) is 32.6. The van der Waals surface area contributed by atoms with Gasteiger partial charge in [-0.05, 0) is 54.3 Å². The monoisotopic (exact) mass is 557 g/mol. The van der Waals surface area contributed by atoms with Gasteiger partial charge in [-0.15, -0.1) is 11.8 Å². The van der Waals surface area contributed by atoms with Crippen LogP contribution in [-0.2, 0) is 6.18 Å². The molecule has 1 heterocycles. The number of para-hydroxylation sites is 1. The molecule has 40 heavy (non-hydrogen) atoms. The lowest BCUT2D eigenvalue weighted by Gasteiger charge is -2.22. The summed E-state index contributed by atoms with van der Waals surface area (Å²) < 4.78 is 41.7. The normalized spacial score (nSPS) is 11.4. The van der Waals surface area contributed by atoms with Crippen molar-refractivity contribution in [2.24, 2.45) is 5.73 Å². The van der Waals surface area contributed by atoms with Crippen LogP contribution in [0.15, 0.2) is 108 Å². The second-order valence-electron chi connectivity index (χ2n) is 8.86. The van der Waals surface area contributed by atoms with Crippen molar-refractivity contribution in [3.05, 3.63) is 120 Å². The lowest BCUT2D eigenvalue weighted by molar-refractivity contribution is -0.136. The fourth-order valence-electron chi connectivity index (χ4n) is 4.62. The van der Waals surface area contributed by atoms with Gasteiger partial charge in [-0.3, -0.25) is 14.7 Å². The number of nitrogens with zero attached hydrogens (tertiary/aromatic N) is 2. The summed E-state index contributed by atoms with van der Waals surface area (Å²) in [5.41, 5.74) is 6.67. The molecule has 0 aliphatic rings. The van der Waals surface area contributed by atoms with Gasteiger partial charge in [0, 0.05) is 33.2 Å². The van der Waals surface area contributed by atoms with Gasteiger partial charge in [0.2, 0.25) is 0 Å². The number of benzene rings is 4. The highest BCUT2D eigenvalue weighted by Gasteiger charge is 2.34. The van der Waals surface area contributed by atoms with E-state index < -0.39 is 23.6 Å². The minimum atomic E-state index is -4.65.